The predicted molar refractivity (Wildman–Crippen MR) is 70.7 cm³/mol. The van der Waals surface area contributed by atoms with Gasteiger partial charge in [0.25, 0.3) is 5.91 Å². The molecule has 0 spiro atoms. The van der Waals surface area contributed by atoms with E-state index >= 15 is 0 Å². The minimum atomic E-state index is -0.720. The van der Waals surface area contributed by atoms with Crippen LogP contribution in [0, 0.1) is 10.1 Å². The summed E-state index contributed by atoms with van der Waals surface area (Å²) in [5.74, 6) is -1.12. The third-order valence-corrected chi connectivity index (χ3v) is 3.47. The van der Waals surface area contributed by atoms with Crippen molar-refractivity contribution < 1.29 is 19.6 Å². The van der Waals surface area contributed by atoms with E-state index in [9.17, 15) is 20.0 Å². The van der Waals surface area contributed by atoms with Crippen LogP contribution in [0.2, 0.25) is 0 Å². The van der Waals surface area contributed by atoms with Crippen LogP contribution in [0.4, 0.5) is 5.69 Å². The number of rotatable bonds is 3. The Morgan fingerprint density at radius 2 is 2.10 bits per heavy atom. The van der Waals surface area contributed by atoms with Gasteiger partial charge in [0.2, 0.25) is 5.75 Å². The first-order chi connectivity index (χ1) is 9.43. The van der Waals surface area contributed by atoms with E-state index < -0.39 is 27.8 Å². The highest BCUT2D eigenvalue weighted by atomic mass is 16.6. The van der Waals surface area contributed by atoms with Crippen LogP contribution in [0.5, 0.6) is 5.75 Å². The number of nitro groups is 1. The van der Waals surface area contributed by atoms with Crippen molar-refractivity contribution >= 4 is 11.6 Å². The number of phenolic OH excluding ortho intramolecular Hbond substituents is 1. The molecule has 1 aliphatic heterocycles. The number of hydrogen-bond donors (Lipinski definition) is 2. The second-order valence-electron chi connectivity index (χ2n) is 5.06. The Labute approximate surface area is 115 Å². The summed E-state index contributed by atoms with van der Waals surface area (Å²) in [6.07, 6.45) is 1.32. The molecule has 0 saturated carbocycles. The smallest absolute Gasteiger partial charge is 0.311 e. The monoisotopic (exact) mass is 280 g/mol. The Balaban J connectivity index is 2.21. The molecule has 108 valence electrons. The van der Waals surface area contributed by atoms with Crippen molar-refractivity contribution in [2.75, 3.05) is 13.2 Å². The van der Waals surface area contributed by atoms with Gasteiger partial charge in [-0.2, -0.15) is 0 Å². The van der Waals surface area contributed by atoms with E-state index in [4.69, 9.17) is 4.74 Å². The molecule has 0 atom stereocenters. The molecule has 1 heterocycles. The van der Waals surface area contributed by atoms with Gasteiger partial charge in [-0.05, 0) is 25.8 Å². The topological polar surface area (TPSA) is 102 Å². The first-order valence-corrected chi connectivity index (χ1v) is 6.29. The summed E-state index contributed by atoms with van der Waals surface area (Å²) < 4.78 is 5.24. The highest BCUT2D eigenvalue weighted by Gasteiger charge is 2.31. The van der Waals surface area contributed by atoms with Gasteiger partial charge in [0, 0.05) is 24.8 Å². The van der Waals surface area contributed by atoms with Crippen LogP contribution >= 0.6 is 0 Å². The highest BCUT2D eigenvalue weighted by molar-refractivity contribution is 5.98. The average molecular weight is 280 g/mol. The lowest BCUT2D eigenvalue weighted by molar-refractivity contribution is -0.385. The number of ether oxygens (including phenoxy) is 1. The van der Waals surface area contributed by atoms with Crippen molar-refractivity contribution in [3.63, 3.8) is 0 Å². The number of nitrogens with zero attached hydrogens (tertiary/aromatic N) is 1. The van der Waals surface area contributed by atoms with Crippen molar-refractivity contribution in [3.05, 3.63) is 33.9 Å². The van der Waals surface area contributed by atoms with Crippen molar-refractivity contribution in [1.82, 2.24) is 5.32 Å². The number of aromatic hydroxyl groups is 1. The number of hydrogen-bond acceptors (Lipinski definition) is 5. The molecule has 0 unspecified atom stereocenters. The van der Waals surface area contributed by atoms with Gasteiger partial charge in [0.05, 0.1) is 10.5 Å². The van der Waals surface area contributed by atoms with Crippen molar-refractivity contribution in [2.24, 2.45) is 0 Å². The molecule has 0 aromatic heterocycles. The molecule has 2 N–H and O–H groups in total. The van der Waals surface area contributed by atoms with E-state index in [0.29, 0.717) is 26.1 Å². The van der Waals surface area contributed by atoms with E-state index in [1.807, 2.05) is 6.92 Å². The van der Waals surface area contributed by atoms with Gasteiger partial charge in [-0.3, -0.25) is 14.9 Å². The maximum Gasteiger partial charge on any atom is 0.311 e. The SMILES string of the molecule is CC1(NC(=O)c2cccc([N+](=O)[O-])c2O)CCOCC1. The fourth-order valence-corrected chi connectivity index (χ4v) is 2.15. The Hall–Kier alpha value is -2.15. The maximum atomic E-state index is 12.2. The van der Waals surface area contributed by atoms with Gasteiger partial charge < -0.3 is 15.2 Å². The lowest BCUT2D eigenvalue weighted by atomic mass is 9.92. The molecule has 2 rings (SSSR count). The second-order valence-corrected chi connectivity index (χ2v) is 5.06. The van der Waals surface area contributed by atoms with Gasteiger partial charge in [-0.15, -0.1) is 0 Å². The summed E-state index contributed by atoms with van der Waals surface area (Å²) in [7, 11) is 0. The number of benzene rings is 1. The summed E-state index contributed by atoms with van der Waals surface area (Å²) in [5, 5.41) is 23.4. The second kappa shape index (κ2) is 5.46. The van der Waals surface area contributed by atoms with E-state index in [0.717, 1.165) is 6.07 Å². The fourth-order valence-electron chi connectivity index (χ4n) is 2.15. The highest BCUT2D eigenvalue weighted by Crippen LogP contribution is 2.30. The lowest BCUT2D eigenvalue weighted by Crippen LogP contribution is -2.49. The van der Waals surface area contributed by atoms with Crippen molar-refractivity contribution in [2.45, 2.75) is 25.3 Å². The molecule has 1 fully saturated rings. The van der Waals surface area contributed by atoms with Crippen LogP contribution in [0.1, 0.15) is 30.1 Å². The summed E-state index contributed by atoms with van der Waals surface area (Å²) in [6.45, 7) is 3.00. The van der Waals surface area contributed by atoms with Crippen LogP contribution < -0.4 is 5.32 Å². The molecule has 1 aliphatic rings. The lowest BCUT2D eigenvalue weighted by Gasteiger charge is -2.34. The number of para-hydroxylation sites is 1. The fraction of sp³-hybridized carbons (Fsp3) is 0.462. The molecule has 7 nitrogen and oxygen atoms in total. The van der Waals surface area contributed by atoms with Crippen molar-refractivity contribution in [3.8, 4) is 5.75 Å². The van der Waals surface area contributed by atoms with Crippen LogP contribution in [-0.4, -0.2) is 34.7 Å². The van der Waals surface area contributed by atoms with Gasteiger partial charge in [-0.25, -0.2) is 0 Å². The standard InChI is InChI=1S/C13H16N2O5/c1-13(5-7-20-8-6-13)14-12(17)9-3-2-4-10(11(9)16)15(18)19/h2-4,16H,5-8H2,1H3,(H,14,17). The Kier molecular flexibility index (Phi) is 3.89. The van der Waals surface area contributed by atoms with Crippen LogP contribution in [0.3, 0.4) is 0 Å². The molecule has 1 amide bonds. The minimum Gasteiger partial charge on any atom is -0.502 e. The Morgan fingerprint density at radius 3 is 2.70 bits per heavy atom. The largest absolute Gasteiger partial charge is 0.502 e. The molecule has 1 saturated heterocycles. The molecule has 20 heavy (non-hydrogen) atoms. The maximum absolute atomic E-state index is 12.2. The number of amides is 1. The number of carbonyl (C=O) groups excluding carboxylic acids is 1. The third-order valence-electron chi connectivity index (χ3n) is 3.47. The van der Waals surface area contributed by atoms with Gasteiger partial charge in [-0.1, -0.05) is 6.07 Å². The Morgan fingerprint density at radius 1 is 1.45 bits per heavy atom. The number of phenols is 1. The van der Waals surface area contributed by atoms with Crippen LogP contribution in [0.15, 0.2) is 18.2 Å². The molecular formula is C13H16N2O5. The molecule has 1 aromatic rings. The summed E-state index contributed by atoms with van der Waals surface area (Å²) in [5.41, 5.74) is -0.992. The summed E-state index contributed by atoms with van der Waals surface area (Å²) in [4.78, 5) is 22.2. The van der Waals surface area contributed by atoms with E-state index in [2.05, 4.69) is 5.32 Å². The van der Waals surface area contributed by atoms with Crippen LogP contribution in [0.25, 0.3) is 0 Å². The number of nitrogens with one attached hydrogen (secondary N) is 1. The first-order valence-electron chi connectivity index (χ1n) is 6.29. The molecular weight excluding hydrogens is 264 g/mol. The Bertz CT molecular complexity index is 538. The molecule has 1 aromatic carbocycles. The van der Waals surface area contributed by atoms with Crippen molar-refractivity contribution in [1.29, 1.82) is 0 Å². The van der Waals surface area contributed by atoms with Gasteiger partial charge >= 0.3 is 5.69 Å². The van der Waals surface area contributed by atoms with Crippen LogP contribution in [-0.2, 0) is 4.74 Å². The zero-order valence-corrected chi connectivity index (χ0v) is 11.1. The zero-order chi connectivity index (χ0) is 14.8. The van der Waals surface area contributed by atoms with Gasteiger partial charge in [0.15, 0.2) is 0 Å². The molecule has 0 radical (unpaired) electrons. The predicted octanol–water partition coefficient (Wildman–Crippen LogP) is 1.60. The quantitative estimate of drug-likeness (QED) is 0.646. The average Bonchev–Trinajstić information content (AvgIpc) is 2.38. The third kappa shape index (κ3) is 2.88. The first kappa shape index (κ1) is 14.3. The van der Waals surface area contributed by atoms with Gasteiger partial charge in [0.1, 0.15) is 0 Å². The summed E-state index contributed by atoms with van der Waals surface area (Å²) >= 11 is 0. The molecule has 7 heteroatoms. The molecule has 0 aliphatic carbocycles. The normalized spacial score (nSPS) is 17.4. The number of nitro benzene ring substituents is 1. The molecule has 0 bridgehead atoms. The van der Waals surface area contributed by atoms with E-state index in [1.54, 1.807) is 0 Å². The summed E-state index contributed by atoms with van der Waals surface area (Å²) in [6, 6.07) is 3.89. The zero-order valence-electron chi connectivity index (χ0n) is 11.1. The minimum absolute atomic E-state index is 0.0908. The number of carbonyl (C=O) groups is 1. The van der Waals surface area contributed by atoms with E-state index in [1.165, 1.54) is 12.1 Å². The van der Waals surface area contributed by atoms with E-state index in [-0.39, 0.29) is 5.56 Å².